The number of fused-ring (bicyclic) bond motifs is 1. The summed E-state index contributed by atoms with van der Waals surface area (Å²) in [6.45, 7) is 1.67. The number of nitrogens with zero attached hydrogens (tertiary/aromatic N) is 1. The SMILES string of the molecule is CC(C(=O)N[C@@H](CCCCCC(=O)NO)C(=O)Nc1cccc2cccnc12)c1ccc(-c2ccccc2)c(F)c1. The third kappa shape index (κ3) is 7.73. The average molecular weight is 557 g/mol. The van der Waals surface area contributed by atoms with Crippen molar-refractivity contribution >= 4 is 34.3 Å². The van der Waals surface area contributed by atoms with Gasteiger partial charge in [-0.15, -0.1) is 0 Å². The van der Waals surface area contributed by atoms with E-state index in [9.17, 15) is 18.8 Å². The minimum absolute atomic E-state index is 0.156. The van der Waals surface area contributed by atoms with E-state index in [2.05, 4.69) is 15.6 Å². The molecule has 8 nitrogen and oxygen atoms in total. The van der Waals surface area contributed by atoms with Crippen LogP contribution in [-0.2, 0) is 14.4 Å². The quantitative estimate of drug-likeness (QED) is 0.101. The summed E-state index contributed by atoms with van der Waals surface area (Å²) in [6, 6.07) is 22.2. The highest BCUT2D eigenvalue weighted by atomic mass is 19.1. The number of nitrogens with one attached hydrogen (secondary N) is 3. The molecule has 1 heterocycles. The minimum Gasteiger partial charge on any atom is -0.344 e. The van der Waals surface area contributed by atoms with Crippen LogP contribution in [0.4, 0.5) is 10.1 Å². The predicted octanol–water partition coefficient (Wildman–Crippen LogP) is 5.72. The van der Waals surface area contributed by atoms with Crippen LogP contribution >= 0.6 is 0 Å². The number of unbranched alkanes of at least 4 members (excludes halogenated alkanes) is 2. The van der Waals surface area contributed by atoms with Crippen molar-refractivity contribution in [1.82, 2.24) is 15.8 Å². The Morgan fingerprint density at radius 2 is 1.68 bits per heavy atom. The van der Waals surface area contributed by atoms with E-state index in [1.54, 1.807) is 36.8 Å². The van der Waals surface area contributed by atoms with Crippen LogP contribution in [0.25, 0.3) is 22.0 Å². The third-order valence-electron chi connectivity index (χ3n) is 7.02. The Balaban J connectivity index is 1.47. The van der Waals surface area contributed by atoms with Crippen LogP contribution in [0.3, 0.4) is 0 Å². The highest BCUT2D eigenvalue weighted by Crippen LogP contribution is 2.27. The van der Waals surface area contributed by atoms with Gasteiger partial charge in [-0.1, -0.05) is 73.5 Å². The van der Waals surface area contributed by atoms with Gasteiger partial charge in [-0.2, -0.15) is 0 Å². The zero-order chi connectivity index (χ0) is 29.2. The van der Waals surface area contributed by atoms with E-state index < -0.39 is 35.5 Å². The molecule has 1 unspecified atom stereocenters. The summed E-state index contributed by atoms with van der Waals surface area (Å²) in [5.41, 5.74) is 4.44. The van der Waals surface area contributed by atoms with Crippen LogP contribution < -0.4 is 16.1 Å². The van der Waals surface area contributed by atoms with Gasteiger partial charge in [0.25, 0.3) is 0 Å². The molecule has 0 aliphatic carbocycles. The number of carbonyl (C=O) groups excluding carboxylic acids is 3. The van der Waals surface area contributed by atoms with Gasteiger partial charge in [0.1, 0.15) is 11.9 Å². The number of halogens is 1. The van der Waals surface area contributed by atoms with Gasteiger partial charge < -0.3 is 10.6 Å². The highest BCUT2D eigenvalue weighted by molar-refractivity contribution is 6.03. The van der Waals surface area contributed by atoms with Gasteiger partial charge in [-0.3, -0.25) is 24.6 Å². The fraction of sp³-hybridized carbons (Fsp3) is 0.250. The van der Waals surface area contributed by atoms with E-state index in [-0.39, 0.29) is 6.42 Å². The third-order valence-corrected chi connectivity index (χ3v) is 7.02. The van der Waals surface area contributed by atoms with E-state index in [1.807, 2.05) is 54.6 Å². The van der Waals surface area contributed by atoms with Crippen LogP contribution in [0.1, 0.15) is 50.5 Å². The van der Waals surface area contributed by atoms with Crippen LogP contribution in [0.15, 0.2) is 85.1 Å². The molecule has 4 N–H and O–H groups in total. The van der Waals surface area contributed by atoms with Gasteiger partial charge in [-0.05, 0) is 49.1 Å². The summed E-state index contributed by atoms with van der Waals surface area (Å²) in [5, 5.41) is 15.3. The van der Waals surface area contributed by atoms with E-state index in [0.29, 0.717) is 48.0 Å². The van der Waals surface area contributed by atoms with Gasteiger partial charge in [-0.25, -0.2) is 9.87 Å². The van der Waals surface area contributed by atoms with Crippen molar-refractivity contribution in [2.24, 2.45) is 0 Å². The lowest BCUT2D eigenvalue weighted by molar-refractivity contribution is -0.129. The Labute approximate surface area is 238 Å². The van der Waals surface area contributed by atoms with Gasteiger partial charge in [0.05, 0.1) is 17.1 Å². The number of carbonyl (C=O) groups is 3. The number of aromatic nitrogens is 1. The Morgan fingerprint density at radius 3 is 2.44 bits per heavy atom. The molecular formula is C32H33FN4O4. The molecule has 2 atom stereocenters. The summed E-state index contributed by atoms with van der Waals surface area (Å²) in [6.07, 6.45) is 3.81. The van der Waals surface area contributed by atoms with Gasteiger partial charge in [0, 0.05) is 23.6 Å². The molecule has 212 valence electrons. The van der Waals surface area contributed by atoms with Crippen molar-refractivity contribution < 1.29 is 24.0 Å². The van der Waals surface area contributed by atoms with E-state index in [0.717, 1.165) is 10.9 Å². The first-order valence-corrected chi connectivity index (χ1v) is 13.6. The molecule has 0 fully saturated rings. The number of hydrogen-bond acceptors (Lipinski definition) is 5. The van der Waals surface area contributed by atoms with Crippen molar-refractivity contribution in [3.05, 3.63) is 96.4 Å². The number of hydroxylamine groups is 1. The van der Waals surface area contributed by atoms with Crippen LogP contribution in [0, 0.1) is 5.82 Å². The van der Waals surface area contributed by atoms with E-state index in [4.69, 9.17) is 5.21 Å². The Bertz CT molecular complexity index is 1510. The molecule has 3 amide bonds. The number of pyridine rings is 1. The Morgan fingerprint density at radius 1 is 0.902 bits per heavy atom. The largest absolute Gasteiger partial charge is 0.344 e. The van der Waals surface area contributed by atoms with Crippen molar-refractivity contribution in [3.63, 3.8) is 0 Å². The maximum absolute atomic E-state index is 15.0. The van der Waals surface area contributed by atoms with Crippen LogP contribution in [-0.4, -0.2) is 34.0 Å². The molecule has 0 spiro atoms. The number of rotatable bonds is 12. The fourth-order valence-corrected chi connectivity index (χ4v) is 4.66. The van der Waals surface area contributed by atoms with E-state index in [1.165, 1.54) is 6.07 Å². The number of benzene rings is 3. The zero-order valence-electron chi connectivity index (χ0n) is 22.8. The maximum Gasteiger partial charge on any atom is 0.247 e. The second-order valence-corrected chi connectivity index (χ2v) is 9.89. The zero-order valence-corrected chi connectivity index (χ0v) is 22.8. The van der Waals surface area contributed by atoms with Crippen molar-refractivity contribution in [2.75, 3.05) is 5.32 Å². The molecule has 9 heteroatoms. The minimum atomic E-state index is -0.871. The fourth-order valence-electron chi connectivity index (χ4n) is 4.66. The van der Waals surface area contributed by atoms with Crippen LogP contribution in [0.5, 0.6) is 0 Å². The lowest BCUT2D eigenvalue weighted by atomic mass is 9.95. The summed E-state index contributed by atoms with van der Waals surface area (Å²) >= 11 is 0. The molecule has 0 aliphatic rings. The van der Waals surface area contributed by atoms with Crippen LogP contribution in [0.2, 0.25) is 0 Å². The van der Waals surface area contributed by atoms with Crippen molar-refractivity contribution in [3.8, 4) is 11.1 Å². The summed E-state index contributed by atoms with van der Waals surface area (Å²) in [7, 11) is 0. The second kappa shape index (κ2) is 14.1. The number of hydrogen-bond donors (Lipinski definition) is 4. The summed E-state index contributed by atoms with van der Waals surface area (Å²) < 4.78 is 15.0. The molecule has 0 bridgehead atoms. The first-order chi connectivity index (χ1) is 19.9. The van der Waals surface area contributed by atoms with Gasteiger partial charge in [0.2, 0.25) is 17.7 Å². The standard InChI is InChI=1S/C32H33FN4O4/c1-21(24-17-18-25(26(33)20-24)22-10-4-2-5-11-22)31(39)36-28(14-6-3-7-16-29(38)37-41)32(40)35-27-15-8-12-23-13-9-19-34-30(23)27/h2,4-5,8-13,15,17-21,28,41H,3,6-7,14,16H2,1H3,(H,35,40)(H,36,39)(H,37,38)/t21?,28-/m0/s1. The molecule has 0 saturated heterocycles. The molecule has 0 saturated carbocycles. The summed E-state index contributed by atoms with van der Waals surface area (Å²) in [4.78, 5) is 42.4. The molecule has 1 aromatic heterocycles. The Kier molecular flexibility index (Phi) is 10.1. The number of para-hydroxylation sites is 1. The predicted molar refractivity (Wildman–Crippen MR) is 156 cm³/mol. The molecule has 0 radical (unpaired) electrons. The Hall–Kier alpha value is -4.63. The normalized spacial score (nSPS) is 12.4. The molecule has 4 aromatic rings. The molecular weight excluding hydrogens is 523 g/mol. The first kappa shape index (κ1) is 29.4. The topological polar surface area (TPSA) is 120 Å². The molecule has 4 rings (SSSR count). The first-order valence-electron chi connectivity index (χ1n) is 13.6. The second-order valence-electron chi connectivity index (χ2n) is 9.89. The lowest BCUT2D eigenvalue weighted by Crippen LogP contribution is -2.45. The smallest absolute Gasteiger partial charge is 0.247 e. The highest BCUT2D eigenvalue weighted by Gasteiger charge is 2.25. The molecule has 41 heavy (non-hydrogen) atoms. The maximum atomic E-state index is 15.0. The number of anilines is 1. The summed E-state index contributed by atoms with van der Waals surface area (Å²) in [5.74, 6) is -2.43. The molecule has 3 aromatic carbocycles. The van der Waals surface area contributed by atoms with Crippen molar-refractivity contribution in [2.45, 2.75) is 51.0 Å². The average Bonchev–Trinajstić information content (AvgIpc) is 3.00. The van der Waals surface area contributed by atoms with Crippen molar-refractivity contribution in [1.29, 1.82) is 0 Å². The van der Waals surface area contributed by atoms with Gasteiger partial charge >= 0.3 is 0 Å². The molecule has 0 aliphatic heterocycles. The number of amides is 3. The van der Waals surface area contributed by atoms with Gasteiger partial charge in [0.15, 0.2) is 0 Å². The van der Waals surface area contributed by atoms with E-state index >= 15 is 0 Å². The lowest BCUT2D eigenvalue weighted by Gasteiger charge is -2.21. The monoisotopic (exact) mass is 556 g/mol.